The molecule has 4 aromatic heterocycles. The number of carbonyl (C=O) groups is 4. The van der Waals surface area contributed by atoms with E-state index in [9.17, 15) is 24.0 Å². The highest BCUT2D eigenvalue weighted by atomic mass is 16.5. The number of methoxy groups -OCH3 is 3. The summed E-state index contributed by atoms with van der Waals surface area (Å²) in [6.45, 7) is 0. The largest absolute Gasteiger partial charge is 0.494 e. The van der Waals surface area contributed by atoms with Crippen molar-refractivity contribution in [1.82, 2.24) is 19.5 Å². The minimum atomic E-state index is -0.967. The SMILES string of the molecule is COC(=O)C(=O)c1c[nH]c2c(=O)cc[nH]c12.COC(=O)C(=O)c1cn(C)c2c(OC)ccnc12. The normalized spacial score (nSPS) is 10.4. The molecule has 4 aromatic rings. The Bertz CT molecular complexity index is 1480. The highest BCUT2D eigenvalue weighted by molar-refractivity contribution is 6.43. The number of hydrogen-bond donors (Lipinski definition) is 2. The second-order valence-electron chi connectivity index (χ2n) is 6.80. The van der Waals surface area contributed by atoms with Gasteiger partial charge in [0.25, 0.3) is 11.6 Å². The molecule has 0 amide bonds. The number of aromatic nitrogens is 4. The summed E-state index contributed by atoms with van der Waals surface area (Å²) in [6.07, 6.45) is 5.78. The molecule has 12 nitrogen and oxygen atoms in total. The first kappa shape index (κ1) is 23.9. The first-order valence-electron chi connectivity index (χ1n) is 9.67. The first-order valence-corrected chi connectivity index (χ1v) is 9.67. The summed E-state index contributed by atoms with van der Waals surface area (Å²) in [5.41, 5.74) is 1.70. The first-order chi connectivity index (χ1) is 16.2. The van der Waals surface area contributed by atoms with Crippen LogP contribution in [0.5, 0.6) is 5.75 Å². The molecule has 12 heteroatoms. The molecule has 0 spiro atoms. The van der Waals surface area contributed by atoms with Crippen molar-refractivity contribution in [2.75, 3.05) is 21.3 Å². The lowest BCUT2D eigenvalue weighted by atomic mass is 10.2. The Balaban J connectivity index is 0.000000192. The number of H-pyrrole nitrogens is 2. The van der Waals surface area contributed by atoms with E-state index in [1.54, 1.807) is 23.9 Å². The number of carbonyl (C=O) groups excluding carboxylic acids is 4. The fourth-order valence-electron chi connectivity index (χ4n) is 3.26. The van der Waals surface area contributed by atoms with E-state index in [4.69, 9.17) is 4.74 Å². The lowest BCUT2D eigenvalue weighted by molar-refractivity contribution is -0.135. The maximum absolute atomic E-state index is 11.8. The molecule has 0 bridgehead atoms. The quantitative estimate of drug-likeness (QED) is 0.248. The fourth-order valence-corrected chi connectivity index (χ4v) is 3.26. The van der Waals surface area contributed by atoms with Crippen LogP contribution in [0.4, 0.5) is 0 Å². The van der Waals surface area contributed by atoms with Gasteiger partial charge in [0.15, 0.2) is 0 Å². The van der Waals surface area contributed by atoms with E-state index < -0.39 is 23.5 Å². The van der Waals surface area contributed by atoms with Crippen molar-refractivity contribution in [2.24, 2.45) is 7.05 Å². The second kappa shape index (κ2) is 9.81. The number of fused-ring (bicyclic) bond motifs is 2. The van der Waals surface area contributed by atoms with Gasteiger partial charge in [-0.2, -0.15) is 0 Å². The molecule has 0 fully saturated rings. The summed E-state index contributed by atoms with van der Waals surface area (Å²) in [6, 6.07) is 3.01. The molecule has 34 heavy (non-hydrogen) atoms. The summed E-state index contributed by atoms with van der Waals surface area (Å²) in [7, 11) is 5.57. The van der Waals surface area contributed by atoms with Crippen molar-refractivity contribution in [3.05, 3.63) is 58.3 Å². The summed E-state index contributed by atoms with van der Waals surface area (Å²) >= 11 is 0. The number of nitrogens with zero attached hydrogens (tertiary/aromatic N) is 2. The number of pyridine rings is 2. The number of esters is 2. The topological polar surface area (TPSA) is 162 Å². The van der Waals surface area contributed by atoms with Gasteiger partial charge in [-0.15, -0.1) is 0 Å². The fraction of sp³-hybridized carbons (Fsp3) is 0.182. The summed E-state index contributed by atoms with van der Waals surface area (Å²) < 4.78 is 15.6. The molecule has 0 aliphatic heterocycles. The van der Waals surface area contributed by atoms with Gasteiger partial charge in [0.2, 0.25) is 5.43 Å². The highest BCUT2D eigenvalue weighted by Crippen LogP contribution is 2.27. The standard InChI is InChI=1S/C12H12N2O4.C10H8N2O4/c1-14-6-7(11(15)12(16)18-3)9-10(14)8(17-2)4-5-13-9;1-16-10(15)9(14)5-4-12-8-6(13)2-3-11-7(5)8/h4-6H,1-3H3;2-4,12H,1H3,(H,11,13). The monoisotopic (exact) mass is 468 g/mol. The van der Waals surface area contributed by atoms with Gasteiger partial charge >= 0.3 is 11.9 Å². The van der Waals surface area contributed by atoms with Crippen LogP contribution in [0.25, 0.3) is 22.1 Å². The van der Waals surface area contributed by atoms with Crippen molar-refractivity contribution in [2.45, 2.75) is 0 Å². The van der Waals surface area contributed by atoms with E-state index in [-0.39, 0.29) is 22.1 Å². The van der Waals surface area contributed by atoms with Crippen LogP contribution in [-0.4, -0.2) is 64.4 Å². The Kier molecular flexibility index (Phi) is 6.90. The van der Waals surface area contributed by atoms with Gasteiger partial charge in [-0.05, 0) is 0 Å². The van der Waals surface area contributed by atoms with Crippen molar-refractivity contribution in [3.63, 3.8) is 0 Å². The van der Waals surface area contributed by atoms with Crippen LogP contribution >= 0.6 is 0 Å². The Morgan fingerprint density at radius 1 is 0.912 bits per heavy atom. The number of ether oxygens (including phenoxy) is 3. The average Bonchev–Trinajstić information content (AvgIpc) is 3.44. The number of ketones is 2. The molecule has 0 radical (unpaired) electrons. The molecule has 4 rings (SSSR count). The molecule has 0 saturated carbocycles. The zero-order valence-corrected chi connectivity index (χ0v) is 18.6. The Morgan fingerprint density at radius 3 is 2.18 bits per heavy atom. The van der Waals surface area contributed by atoms with Crippen molar-refractivity contribution >= 4 is 45.6 Å². The molecule has 0 aliphatic carbocycles. The molecular formula is C22H20N4O8. The molecule has 0 atom stereocenters. The molecular weight excluding hydrogens is 448 g/mol. The third-order valence-electron chi connectivity index (χ3n) is 4.86. The lowest BCUT2D eigenvalue weighted by Gasteiger charge is -2.03. The predicted octanol–water partition coefficient (Wildman–Crippen LogP) is 1.15. The van der Waals surface area contributed by atoms with Gasteiger partial charge in [-0.25, -0.2) is 9.59 Å². The average molecular weight is 468 g/mol. The minimum absolute atomic E-state index is 0.0968. The highest BCUT2D eigenvalue weighted by Gasteiger charge is 2.24. The van der Waals surface area contributed by atoms with Crippen LogP contribution in [0, 0.1) is 0 Å². The van der Waals surface area contributed by atoms with Crippen LogP contribution in [0.2, 0.25) is 0 Å². The number of hydrogen-bond acceptors (Lipinski definition) is 9. The maximum Gasteiger partial charge on any atom is 0.379 e. The Hall–Kier alpha value is -4.74. The van der Waals surface area contributed by atoms with Gasteiger partial charge in [0.1, 0.15) is 22.3 Å². The maximum atomic E-state index is 11.8. The van der Waals surface area contributed by atoms with Crippen LogP contribution in [0.3, 0.4) is 0 Å². The molecule has 0 aliphatic rings. The summed E-state index contributed by atoms with van der Waals surface area (Å²) in [5.74, 6) is -2.80. The molecule has 176 valence electrons. The number of rotatable bonds is 5. The molecule has 4 heterocycles. The Morgan fingerprint density at radius 2 is 1.56 bits per heavy atom. The third kappa shape index (κ3) is 4.28. The van der Waals surface area contributed by atoms with E-state index in [2.05, 4.69) is 24.4 Å². The van der Waals surface area contributed by atoms with E-state index in [1.165, 1.54) is 38.9 Å². The molecule has 2 N–H and O–H groups in total. The lowest BCUT2D eigenvalue weighted by Crippen LogP contribution is -2.15. The minimum Gasteiger partial charge on any atom is -0.494 e. The Labute approximate surface area is 191 Å². The van der Waals surface area contributed by atoms with Crippen molar-refractivity contribution in [3.8, 4) is 5.75 Å². The van der Waals surface area contributed by atoms with Gasteiger partial charge in [0.05, 0.1) is 38.0 Å². The number of aryl methyl sites for hydroxylation is 1. The second-order valence-corrected chi connectivity index (χ2v) is 6.80. The van der Waals surface area contributed by atoms with Crippen LogP contribution in [-0.2, 0) is 26.1 Å². The smallest absolute Gasteiger partial charge is 0.379 e. The van der Waals surface area contributed by atoms with E-state index in [1.807, 2.05) is 0 Å². The molecule has 0 aromatic carbocycles. The summed E-state index contributed by atoms with van der Waals surface area (Å²) in [5, 5.41) is 0. The van der Waals surface area contributed by atoms with Crippen LogP contribution in [0.15, 0.2) is 41.7 Å². The zero-order chi connectivity index (χ0) is 25.0. The predicted molar refractivity (Wildman–Crippen MR) is 119 cm³/mol. The number of nitrogens with one attached hydrogen (secondary N) is 2. The van der Waals surface area contributed by atoms with Crippen molar-refractivity contribution < 1.29 is 33.4 Å². The van der Waals surface area contributed by atoms with Crippen LogP contribution < -0.4 is 10.2 Å². The summed E-state index contributed by atoms with van der Waals surface area (Å²) in [4.78, 5) is 66.6. The van der Waals surface area contributed by atoms with E-state index in [0.29, 0.717) is 22.3 Å². The van der Waals surface area contributed by atoms with E-state index >= 15 is 0 Å². The molecule has 0 unspecified atom stereocenters. The number of Topliss-reactive ketones (excluding diaryl/α,β-unsaturated/α-hetero) is 2. The molecule has 0 saturated heterocycles. The van der Waals surface area contributed by atoms with Gasteiger partial charge in [0, 0.05) is 44.0 Å². The number of aromatic amines is 2. The van der Waals surface area contributed by atoms with Gasteiger partial charge in [-0.1, -0.05) is 0 Å². The van der Waals surface area contributed by atoms with E-state index in [0.717, 1.165) is 7.11 Å². The van der Waals surface area contributed by atoms with Crippen molar-refractivity contribution in [1.29, 1.82) is 0 Å². The third-order valence-corrected chi connectivity index (χ3v) is 4.86. The van der Waals surface area contributed by atoms with Gasteiger partial charge < -0.3 is 28.7 Å². The zero-order valence-electron chi connectivity index (χ0n) is 18.6. The van der Waals surface area contributed by atoms with Gasteiger partial charge in [-0.3, -0.25) is 19.4 Å². The van der Waals surface area contributed by atoms with Crippen LogP contribution in [0.1, 0.15) is 20.7 Å².